The van der Waals surface area contributed by atoms with E-state index in [9.17, 15) is 0 Å². The molecule has 0 radical (unpaired) electrons. The van der Waals surface area contributed by atoms with Crippen LogP contribution >= 0.6 is 0 Å². The van der Waals surface area contributed by atoms with Crippen LogP contribution in [0.1, 0.15) is 0 Å². The molecule has 1 aromatic heterocycles. The van der Waals surface area contributed by atoms with Gasteiger partial charge in [-0.2, -0.15) is 0 Å². The van der Waals surface area contributed by atoms with Crippen molar-refractivity contribution in [2.45, 2.75) is 0 Å². The fourth-order valence-electron chi connectivity index (χ4n) is 0.724. The van der Waals surface area contributed by atoms with Crippen molar-refractivity contribution in [1.29, 1.82) is 0 Å². The van der Waals surface area contributed by atoms with Crippen LogP contribution in [0.25, 0.3) is 0 Å². The summed E-state index contributed by atoms with van der Waals surface area (Å²) in [5.41, 5.74) is 5.36. The zero-order valence-corrected chi connectivity index (χ0v) is 6.44. The predicted octanol–water partition coefficient (Wildman–Crippen LogP) is -0.734. The smallest absolute Gasteiger partial charge is 0.169 e. The Balaban J connectivity index is 2.61. The second-order valence-electron chi connectivity index (χ2n) is 2.18. The van der Waals surface area contributed by atoms with E-state index < -0.39 is 0 Å². The normalized spacial score (nSPS) is 9.64. The van der Waals surface area contributed by atoms with Crippen LogP contribution in [0.2, 0.25) is 0 Å². The van der Waals surface area contributed by atoms with Gasteiger partial charge in [0.25, 0.3) is 0 Å². The Kier molecular flexibility index (Phi) is 2.74. The topological polar surface area (TPSA) is 67.9 Å². The molecule has 0 amide bonds. The second kappa shape index (κ2) is 3.82. The molecule has 11 heavy (non-hydrogen) atoms. The third kappa shape index (κ3) is 2.12. The highest BCUT2D eigenvalue weighted by Gasteiger charge is 1.99. The van der Waals surface area contributed by atoms with Gasteiger partial charge in [-0.3, -0.25) is 0 Å². The minimum absolute atomic E-state index is 0.604. The summed E-state index contributed by atoms with van der Waals surface area (Å²) in [7, 11) is 1.90. The summed E-state index contributed by atoms with van der Waals surface area (Å²) in [5.74, 6) is 0.748. The monoisotopic (exact) mass is 153 g/mol. The van der Waals surface area contributed by atoms with E-state index in [2.05, 4.69) is 15.2 Å². The van der Waals surface area contributed by atoms with Crippen molar-refractivity contribution >= 4 is 5.82 Å². The highest BCUT2D eigenvalue weighted by Crippen LogP contribution is 2.00. The van der Waals surface area contributed by atoms with Crippen molar-refractivity contribution in [1.82, 2.24) is 15.2 Å². The summed E-state index contributed by atoms with van der Waals surface area (Å²) in [6.45, 7) is 1.37. The fourth-order valence-corrected chi connectivity index (χ4v) is 0.724. The fraction of sp³-hybridized carbons (Fsp3) is 0.500. The zero-order chi connectivity index (χ0) is 8.10. The van der Waals surface area contributed by atoms with Crippen LogP contribution in [-0.2, 0) is 0 Å². The lowest BCUT2D eigenvalue weighted by Gasteiger charge is -2.14. The summed E-state index contributed by atoms with van der Waals surface area (Å²) < 4.78 is 0. The van der Waals surface area contributed by atoms with Crippen molar-refractivity contribution in [2.24, 2.45) is 5.73 Å². The summed E-state index contributed by atoms with van der Waals surface area (Å²) >= 11 is 0. The van der Waals surface area contributed by atoms with Gasteiger partial charge in [0, 0.05) is 20.1 Å². The van der Waals surface area contributed by atoms with Crippen LogP contribution in [0, 0.1) is 0 Å². The molecule has 0 saturated heterocycles. The van der Waals surface area contributed by atoms with Gasteiger partial charge in [-0.25, -0.2) is 4.98 Å². The lowest BCUT2D eigenvalue weighted by Crippen LogP contribution is -2.26. The molecule has 60 valence electrons. The first-order valence-electron chi connectivity index (χ1n) is 3.38. The Labute approximate surface area is 65.3 Å². The first-order chi connectivity index (χ1) is 5.34. The molecule has 0 bridgehead atoms. The van der Waals surface area contributed by atoms with Crippen LogP contribution in [0.15, 0.2) is 12.5 Å². The number of rotatable bonds is 3. The van der Waals surface area contributed by atoms with Crippen LogP contribution in [0.4, 0.5) is 5.82 Å². The van der Waals surface area contributed by atoms with Gasteiger partial charge in [-0.1, -0.05) is 0 Å². The molecule has 0 spiro atoms. The molecule has 0 aliphatic carbocycles. The largest absolute Gasteiger partial charge is 0.356 e. The van der Waals surface area contributed by atoms with Crippen molar-refractivity contribution < 1.29 is 0 Å². The van der Waals surface area contributed by atoms with E-state index in [-0.39, 0.29) is 0 Å². The highest BCUT2D eigenvalue weighted by atomic mass is 15.3. The number of likely N-dealkylation sites (N-methyl/N-ethyl adjacent to an activating group) is 1. The quantitative estimate of drug-likeness (QED) is 0.619. The van der Waals surface area contributed by atoms with Crippen molar-refractivity contribution in [3.8, 4) is 0 Å². The van der Waals surface area contributed by atoms with E-state index in [1.54, 1.807) is 6.20 Å². The molecular formula is C6H11N5. The Hall–Kier alpha value is -1.23. The van der Waals surface area contributed by atoms with E-state index in [4.69, 9.17) is 5.73 Å². The number of nitrogens with zero attached hydrogens (tertiary/aromatic N) is 4. The first-order valence-corrected chi connectivity index (χ1v) is 3.38. The van der Waals surface area contributed by atoms with Crippen molar-refractivity contribution in [3.63, 3.8) is 0 Å². The van der Waals surface area contributed by atoms with Gasteiger partial charge in [-0.05, 0) is 0 Å². The number of aromatic nitrogens is 3. The lowest BCUT2D eigenvalue weighted by molar-refractivity contribution is 0.833. The lowest BCUT2D eigenvalue weighted by atomic mass is 10.5. The van der Waals surface area contributed by atoms with Crippen molar-refractivity contribution in [2.75, 3.05) is 25.0 Å². The van der Waals surface area contributed by atoms with Gasteiger partial charge in [-0.15, -0.1) is 10.2 Å². The zero-order valence-electron chi connectivity index (χ0n) is 6.44. The minimum Gasteiger partial charge on any atom is -0.356 e. The van der Waals surface area contributed by atoms with Crippen LogP contribution in [0.3, 0.4) is 0 Å². The molecule has 5 nitrogen and oxygen atoms in total. The predicted molar refractivity (Wildman–Crippen MR) is 42.2 cm³/mol. The van der Waals surface area contributed by atoms with E-state index in [0.29, 0.717) is 6.54 Å². The van der Waals surface area contributed by atoms with E-state index in [0.717, 1.165) is 12.4 Å². The molecule has 0 aliphatic rings. The van der Waals surface area contributed by atoms with E-state index in [1.165, 1.54) is 6.33 Å². The van der Waals surface area contributed by atoms with Crippen LogP contribution in [-0.4, -0.2) is 35.3 Å². The van der Waals surface area contributed by atoms with Crippen LogP contribution < -0.4 is 10.6 Å². The molecule has 1 rings (SSSR count). The Bertz CT molecular complexity index is 199. The van der Waals surface area contributed by atoms with Crippen molar-refractivity contribution in [3.05, 3.63) is 12.5 Å². The maximum atomic E-state index is 5.36. The molecule has 0 aromatic carbocycles. The Morgan fingerprint density at radius 3 is 3.00 bits per heavy atom. The summed E-state index contributed by atoms with van der Waals surface area (Å²) in [5, 5.41) is 7.50. The molecule has 0 atom stereocenters. The molecule has 0 fully saturated rings. The Morgan fingerprint density at radius 1 is 1.64 bits per heavy atom. The molecule has 1 heterocycles. The van der Waals surface area contributed by atoms with Gasteiger partial charge in [0.2, 0.25) is 0 Å². The number of anilines is 1. The SMILES string of the molecule is CN(CCN)c1cncnn1. The third-order valence-corrected chi connectivity index (χ3v) is 1.32. The Morgan fingerprint density at radius 2 is 2.45 bits per heavy atom. The molecular weight excluding hydrogens is 142 g/mol. The molecule has 0 saturated carbocycles. The number of nitrogens with two attached hydrogens (primary N) is 1. The summed E-state index contributed by atoms with van der Waals surface area (Å²) in [6, 6.07) is 0. The van der Waals surface area contributed by atoms with E-state index in [1.807, 2.05) is 11.9 Å². The van der Waals surface area contributed by atoms with Crippen LogP contribution in [0.5, 0.6) is 0 Å². The average molecular weight is 153 g/mol. The summed E-state index contributed by atoms with van der Waals surface area (Å²) in [4.78, 5) is 5.73. The van der Waals surface area contributed by atoms with Gasteiger partial charge in [0.05, 0.1) is 6.20 Å². The number of hydrogen-bond acceptors (Lipinski definition) is 5. The molecule has 5 heteroatoms. The molecule has 0 unspecified atom stereocenters. The standard InChI is InChI=1S/C6H11N5/c1-11(3-2-7)6-4-8-5-9-10-6/h4-5H,2-3,7H2,1H3. The third-order valence-electron chi connectivity index (χ3n) is 1.32. The molecule has 0 aliphatic heterocycles. The van der Waals surface area contributed by atoms with Gasteiger partial charge >= 0.3 is 0 Å². The van der Waals surface area contributed by atoms with Gasteiger partial charge in [0.15, 0.2) is 5.82 Å². The average Bonchev–Trinajstić information content (AvgIpc) is 2.07. The van der Waals surface area contributed by atoms with Gasteiger partial charge < -0.3 is 10.6 Å². The molecule has 1 aromatic rings. The van der Waals surface area contributed by atoms with E-state index >= 15 is 0 Å². The minimum atomic E-state index is 0.604. The number of hydrogen-bond donors (Lipinski definition) is 1. The molecule has 2 N–H and O–H groups in total. The maximum absolute atomic E-state index is 5.36. The second-order valence-corrected chi connectivity index (χ2v) is 2.18. The first kappa shape index (κ1) is 7.87. The highest BCUT2D eigenvalue weighted by molar-refractivity contribution is 5.31. The summed E-state index contributed by atoms with van der Waals surface area (Å²) in [6.07, 6.45) is 3.06. The maximum Gasteiger partial charge on any atom is 0.169 e. The van der Waals surface area contributed by atoms with Gasteiger partial charge in [0.1, 0.15) is 6.33 Å².